The van der Waals surface area contributed by atoms with Gasteiger partial charge in [-0.05, 0) is 12.5 Å². The van der Waals surface area contributed by atoms with Crippen molar-refractivity contribution in [2.45, 2.75) is 23.9 Å². The smallest absolute Gasteiger partial charge is 0.219 e. The Balaban J connectivity index is 2.23. The second-order valence-corrected chi connectivity index (χ2v) is 4.94. The van der Waals surface area contributed by atoms with E-state index in [0.717, 1.165) is 17.4 Å². The van der Waals surface area contributed by atoms with Gasteiger partial charge in [-0.3, -0.25) is 0 Å². The number of ether oxygens (including phenoxy) is 1. The lowest BCUT2D eigenvalue weighted by Gasteiger charge is -2.14. The molecule has 0 N–H and O–H groups in total. The predicted molar refractivity (Wildman–Crippen MR) is 67.8 cm³/mol. The number of aldehydes is 1. The van der Waals surface area contributed by atoms with Crippen LogP contribution in [0.2, 0.25) is 0 Å². The Morgan fingerprint density at radius 1 is 1.35 bits per heavy atom. The molecule has 0 saturated heterocycles. The third-order valence-corrected chi connectivity index (χ3v) is 2.94. The van der Waals surface area contributed by atoms with E-state index >= 15 is 0 Å². The van der Waals surface area contributed by atoms with Crippen molar-refractivity contribution in [1.82, 2.24) is 0 Å². The summed E-state index contributed by atoms with van der Waals surface area (Å²) in [6, 6.07) is 7.15. The summed E-state index contributed by atoms with van der Waals surface area (Å²) >= 11 is 11.4. The molecule has 0 saturated carbocycles. The molecule has 2 rings (SSSR count). The maximum atomic E-state index is 11.0. The zero-order valence-corrected chi connectivity index (χ0v) is 10.7. The third-order valence-electron chi connectivity index (χ3n) is 2.57. The largest absolute Gasteiger partial charge is 0.468 e. The van der Waals surface area contributed by atoms with E-state index in [1.165, 1.54) is 0 Å². The molecule has 0 aliphatic carbocycles. The fraction of sp³-hybridized carbons (Fsp3) is 0.333. The number of hydrogen-bond acceptors (Lipinski definition) is 3. The first kappa shape index (κ1) is 12.4. The fourth-order valence-corrected chi connectivity index (χ4v) is 1.89. The SMILES string of the molecule is Cc1ccc([C@H]2OC(C(Cl)Cl)=N[C@@H]2C=O)cc1. The Hall–Kier alpha value is -1.06. The Labute approximate surface area is 109 Å². The van der Waals surface area contributed by atoms with E-state index < -0.39 is 17.0 Å². The van der Waals surface area contributed by atoms with Crippen molar-refractivity contribution in [2.24, 2.45) is 4.99 Å². The van der Waals surface area contributed by atoms with Crippen molar-refractivity contribution in [1.29, 1.82) is 0 Å². The minimum Gasteiger partial charge on any atom is -0.468 e. The molecular formula is C12H11Cl2NO2. The summed E-state index contributed by atoms with van der Waals surface area (Å²) in [4.78, 5) is 14.2. The Bertz CT molecular complexity index is 442. The molecule has 1 aromatic rings. The van der Waals surface area contributed by atoms with Crippen LogP contribution >= 0.6 is 23.2 Å². The summed E-state index contributed by atoms with van der Waals surface area (Å²) in [6.45, 7) is 1.99. The van der Waals surface area contributed by atoms with Crippen LogP contribution in [0.5, 0.6) is 0 Å². The number of carbonyl (C=O) groups excluding carboxylic acids is 1. The topological polar surface area (TPSA) is 38.7 Å². The van der Waals surface area contributed by atoms with E-state index in [4.69, 9.17) is 27.9 Å². The molecule has 0 fully saturated rings. The summed E-state index contributed by atoms with van der Waals surface area (Å²) in [5.41, 5.74) is 2.03. The molecular weight excluding hydrogens is 261 g/mol. The first-order valence-corrected chi connectivity index (χ1v) is 6.03. The lowest BCUT2D eigenvalue weighted by Crippen LogP contribution is -2.16. The number of hydrogen-bond donors (Lipinski definition) is 0. The van der Waals surface area contributed by atoms with Crippen molar-refractivity contribution < 1.29 is 9.53 Å². The van der Waals surface area contributed by atoms with Crippen LogP contribution in [0.3, 0.4) is 0 Å². The number of aryl methyl sites for hydroxylation is 1. The average molecular weight is 272 g/mol. The number of benzene rings is 1. The maximum absolute atomic E-state index is 11.0. The predicted octanol–water partition coefficient (Wildman–Crippen LogP) is 2.84. The second kappa shape index (κ2) is 5.07. The van der Waals surface area contributed by atoms with Gasteiger partial charge in [0, 0.05) is 0 Å². The molecule has 1 aromatic carbocycles. The average Bonchev–Trinajstić information content (AvgIpc) is 2.74. The second-order valence-electron chi connectivity index (χ2n) is 3.84. The normalized spacial score (nSPS) is 23.4. The van der Waals surface area contributed by atoms with Gasteiger partial charge in [0.15, 0.2) is 10.9 Å². The Kier molecular flexibility index (Phi) is 3.69. The number of rotatable bonds is 3. The summed E-state index contributed by atoms with van der Waals surface area (Å²) in [6.07, 6.45) is 0.316. The molecule has 90 valence electrons. The van der Waals surface area contributed by atoms with Crippen LogP contribution in [0.1, 0.15) is 17.2 Å². The minimum absolute atomic E-state index is 0.205. The van der Waals surface area contributed by atoms with Crippen molar-refractivity contribution in [3.05, 3.63) is 35.4 Å². The van der Waals surface area contributed by atoms with Crippen LogP contribution < -0.4 is 0 Å². The van der Waals surface area contributed by atoms with Gasteiger partial charge in [0.05, 0.1) is 0 Å². The highest BCUT2D eigenvalue weighted by atomic mass is 35.5. The lowest BCUT2D eigenvalue weighted by atomic mass is 10.0. The van der Waals surface area contributed by atoms with E-state index in [9.17, 15) is 4.79 Å². The van der Waals surface area contributed by atoms with Crippen LogP contribution in [-0.2, 0) is 9.53 Å². The van der Waals surface area contributed by atoms with Crippen LogP contribution in [0.25, 0.3) is 0 Å². The van der Waals surface area contributed by atoms with Gasteiger partial charge in [-0.1, -0.05) is 53.0 Å². The highest BCUT2D eigenvalue weighted by molar-refractivity contribution is 6.53. The number of halogens is 2. The summed E-state index contributed by atoms with van der Waals surface area (Å²) in [7, 11) is 0. The number of nitrogens with zero attached hydrogens (tertiary/aromatic N) is 1. The highest BCUT2D eigenvalue weighted by Crippen LogP contribution is 2.30. The van der Waals surface area contributed by atoms with E-state index in [0.29, 0.717) is 0 Å². The van der Waals surface area contributed by atoms with E-state index in [2.05, 4.69) is 4.99 Å². The van der Waals surface area contributed by atoms with Crippen LogP contribution in [0.4, 0.5) is 0 Å². The number of carbonyl (C=O) groups is 1. The fourth-order valence-electron chi connectivity index (χ4n) is 1.68. The van der Waals surface area contributed by atoms with Crippen molar-refractivity contribution in [2.75, 3.05) is 0 Å². The van der Waals surface area contributed by atoms with Gasteiger partial charge in [-0.2, -0.15) is 0 Å². The molecule has 0 spiro atoms. The van der Waals surface area contributed by atoms with Gasteiger partial charge in [-0.25, -0.2) is 4.99 Å². The van der Waals surface area contributed by atoms with Crippen molar-refractivity contribution in [3.8, 4) is 0 Å². The first-order valence-electron chi connectivity index (χ1n) is 5.16. The molecule has 1 heterocycles. The summed E-state index contributed by atoms with van der Waals surface area (Å²) in [5, 5.41) is 0. The molecule has 0 aromatic heterocycles. The van der Waals surface area contributed by atoms with Crippen LogP contribution in [-0.4, -0.2) is 23.1 Å². The molecule has 0 amide bonds. The maximum Gasteiger partial charge on any atom is 0.219 e. The molecule has 0 bridgehead atoms. The quantitative estimate of drug-likeness (QED) is 0.627. The third kappa shape index (κ3) is 2.61. The molecule has 5 heteroatoms. The molecule has 0 unspecified atom stereocenters. The molecule has 2 atom stereocenters. The van der Waals surface area contributed by atoms with Crippen molar-refractivity contribution >= 4 is 35.4 Å². The van der Waals surface area contributed by atoms with Gasteiger partial charge >= 0.3 is 0 Å². The highest BCUT2D eigenvalue weighted by Gasteiger charge is 2.34. The first-order chi connectivity index (χ1) is 8.11. The van der Waals surface area contributed by atoms with E-state index in [1.54, 1.807) is 0 Å². The van der Waals surface area contributed by atoms with Gasteiger partial charge < -0.3 is 9.53 Å². The van der Waals surface area contributed by atoms with E-state index in [-0.39, 0.29) is 5.90 Å². The number of alkyl halides is 2. The minimum atomic E-state index is -0.840. The molecule has 17 heavy (non-hydrogen) atoms. The zero-order chi connectivity index (χ0) is 12.4. The lowest BCUT2D eigenvalue weighted by molar-refractivity contribution is -0.110. The standard InChI is InChI=1S/C12H11Cl2NO2/c1-7-2-4-8(5-3-7)10-9(6-16)15-12(17-10)11(13)14/h2-6,9-11H,1H3/t9-,10-/m1/s1. The Morgan fingerprint density at radius 3 is 2.53 bits per heavy atom. The van der Waals surface area contributed by atoms with Gasteiger partial charge in [0.2, 0.25) is 5.90 Å². The van der Waals surface area contributed by atoms with Gasteiger partial charge in [-0.15, -0.1) is 0 Å². The molecule has 0 radical (unpaired) electrons. The van der Waals surface area contributed by atoms with Gasteiger partial charge in [0.1, 0.15) is 12.3 Å². The van der Waals surface area contributed by atoms with Crippen molar-refractivity contribution in [3.63, 3.8) is 0 Å². The Morgan fingerprint density at radius 2 is 2.00 bits per heavy atom. The summed E-state index contributed by atoms with van der Waals surface area (Å²) < 4.78 is 5.51. The zero-order valence-electron chi connectivity index (χ0n) is 9.14. The van der Waals surface area contributed by atoms with Gasteiger partial charge in [0.25, 0.3) is 0 Å². The van der Waals surface area contributed by atoms with E-state index in [1.807, 2.05) is 31.2 Å². The number of aliphatic imine (C=N–C) groups is 1. The van der Waals surface area contributed by atoms with Crippen LogP contribution in [0, 0.1) is 6.92 Å². The van der Waals surface area contributed by atoms with Crippen LogP contribution in [0.15, 0.2) is 29.3 Å². The molecule has 1 aliphatic rings. The summed E-state index contributed by atoms with van der Waals surface area (Å²) in [5.74, 6) is 0.205. The molecule has 3 nitrogen and oxygen atoms in total. The monoisotopic (exact) mass is 271 g/mol. The molecule has 1 aliphatic heterocycles.